The number of amides is 3. The van der Waals surface area contributed by atoms with E-state index in [0.29, 0.717) is 19.8 Å². The minimum Gasteiger partial charge on any atom is -0.481 e. The van der Waals surface area contributed by atoms with Gasteiger partial charge < -0.3 is 15.2 Å². The third-order valence-electron chi connectivity index (χ3n) is 1.78. The number of carbonyl (C=O) groups excluding carboxylic acids is 2. The highest BCUT2D eigenvalue weighted by molar-refractivity contribution is 5.94. The summed E-state index contributed by atoms with van der Waals surface area (Å²) in [5.41, 5.74) is 0. The van der Waals surface area contributed by atoms with Gasteiger partial charge in [0, 0.05) is 26.0 Å². The minimum absolute atomic E-state index is 0.0190. The zero-order chi connectivity index (χ0) is 13.1. The molecule has 0 aromatic carbocycles. The van der Waals surface area contributed by atoms with Crippen LogP contribution in [0.15, 0.2) is 0 Å². The van der Waals surface area contributed by atoms with Crippen LogP contribution in [0.25, 0.3) is 0 Å². The van der Waals surface area contributed by atoms with Crippen LogP contribution in [0.4, 0.5) is 4.79 Å². The predicted molar refractivity (Wildman–Crippen MR) is 59.5 cm³/mol. The number of carbonyl (C=O) groups is 3. The van der Waals surface area contributed by atoms with Crippen molar-refractivity contribution < 1.29 is 24.2 Å². The van der Waals surface area contributed by atoms with Gasteiger partial charge in [-0.25, -0.2) is 4.79 Å². The maximum Gasteiger partial charge on any atom is 0.321 e. The minimum atomic E-state index is -0.959. The van der Waals surface area contributed by atoms with Crippen molar-refractivity contribution in [1.29, 1.82) is 0 Å². The average molecular weight is 246 g/mol. The van der Waals surface area contributed by atoms with E-state index in [2.05, 4.69) is 10.6 Å². The Labute approximate surface area is 99.5 Å². The van der Waals surface area contributed by atoms with E-state index < -0.39 is 17.9 Å². The summed E-state index contributed by atoms with van der Waals surface area (Å²) in [5, 5.41) is 12.9. The molecule has 3 N–H and O–H groups in total. The van der Waals surface area contributed by atoms with Crippen molar-refractivity contribution in [2.45, 2.75) is 26.2 Å². The molecule has 7 heteroatoms. The Morgan fingerprint density at radius 2 is 1.94 bits per heavy atom. The van der Waals surface area contributed by atoms with E-state index in [1.165, 1.54) is 0 Å². The van der Waals surface area contributed by atoms with Crippen LogP contribution in [0.3, 0.4) is 0 Å². The standard InChI is InChI=1S/C10H18N2O5/c1-2-17-7-6-11-10(16)12-8(13)4-3-5-9(14)15/h2-7H2,1H3,(H,14,15)(H2,11,12,13,16). The first kappa shape index (κ1) is 15.4. The maximum atomic E-state index is 11.1. The molecule has 0 rings (SSSR count). The molecule has 0 aliphatic rings. The van der Waals surface area contributed by atoms with Crippen LogP contribution in [0.2, 0.25) is 0 Å². The first-order valence-electron chi connectivity index (χ1n) is 5.43. The van der Waals surface area contributed by atoms with Crippen molar-refractivity contribution in [3.05, 3.63) is 0 Å². The van der Waals surface area contributed by atoms with Crippen LogP contribution in [0, 0.1) is 0 Å². The lowest BCUT2D eigenvalue weighted by Crippen LogP contribution is -2.40. The average Bonchev–Trinajstić information content (AvgIpc) is 2.23. The number of rotatable bonds is 8. The van der Waals surface area contributed by atoms with Crippen LogP contribution >= 0.6 is 0 Å². The smallest absolute Gasteiger partial charge is 0.321 e. The number of carboxylic acids is 1. The van der Waals surface area contributed by atoms with E-state index in [0.717, 1.165) is 0 Å². The number of urea groups is 1. The second-order valence-corrected chi connectivity index (χ2v) is 3.25. The molecule has 0 aromatic rings. The molecular formula is C10H18N2O5. The highest BCUT2D eigenvalue weighted by Gasteiger charge is 2.07. The van der Waals surface area contributed by atoms with Crippen molar-refractivity contribution in [2.75, 3.05) is 19.8 Å². The van der Waals surface area contributed by atoms with Gasteiger partial charge in [-0.3, -0.25) is 14.9 Å². The highest BCUT2D eigenvalue weighted by atomic mass is 16.5. The molecule has 0 radical (unpaired) electrons. The molecule has 0 aliphatic carbocycles. The molecule has 0 aliphatic heterocycles. The summed E-state index contributed by atoms with van der Waals surface area (Å²) in [4.78, 5) is 32.4. The molecule has 98 valence electrons. The van der Waals surface area contributed by atoms with E-state index in [-0.39, 0.29) is 19.3 Å². The fourth-order valence-corrected chi connectivity index (χ4v) is 1.01. The Hall–Kier alpha value is -1.63. The molecule has 0 spiro atoms. The van der Waals surface area contributed by atoms with Crippen molar-refractivity contribution in [3.63, 3.8) is 0 Å². The number of hydrogen-bond donors (Lipinski definition) is 3. The topological polar surface area (TPSA) is 105 Å². The van der Waals surface area contributed by atoms with Gasteiger partial charge >= 0.3 is 12.0 Å². The van der Waals surface area contributed by atoms with Crippen molar-refractivity contribution in [2.24, 2.45) is 0 Å². The number of hydrogen-bond acceptors (Lipinski definition) is 4. The van der Waals surface area contributed by atoms with E-state index >= 15 is 0 Å². The quantitative estimate of drug-likeness (QED) is 0.527. The zero-order valence-electron chi connectivity index (χ0n) is 9.82. The van der Waals surface area contributed by atoms with E-state index in [4.69, 9.17) is 9.84 Å². The molecule has 0 atom stereocenters. The molecule has 0 saturated heterocycles. The largest absolute Gasteiger partial charge is 0.481 e. The lowest BCUT2D eigenvalue weighted by Gasteiger charge is -2.06. The molecule has 0 unspecified atom stereocenters. The predicted octanol–water partition coefficient (Wildman–Crippen LogP) is 0.104. The summed E-state index contributed by atoms with van der Waals surface area (Å²) < 4.78 is 4.99. The highest BCUT2D eigenvalue weighted by Crippen LogP contribution is 1.94. The summed E-state index contributed by atoms with van der Waals surface area (Å²) in [6.07, 6.45) is 0.151. The maximum absolute atomic E-state index is 11.1. The number of imide groups is 1. The Balaban J connectivity index is 3.52. The molecule has 0 fully saturated rings. The fourth-order valence-electron chi connectivity index (χ4n) is 1.01. The number of carboxylic acid groups (broad SMARTS) is 1. The van der Waals surface area contributed by atoms with Crippen LogP contribution in [0.5, 0.6) is 0 Å². The second-order valence-electron chi connectivity index (χ2n) is 3.25. The Kier molecular flexibility index (Phi) is 8.67. The van der Waals surface area contributed by atoms with E-state index in [1.807, 2.05) is 6.92 Å². The lowest BCUT2D eigenvalue weighted by molar-refractivity contribution is -0.137. The van der Waals surface area contributed by atoms with Crippen LogP contribution in [0.1, 0.15) is 26.2 Å². The molecule has 0 heterocycles. The van der Waals surface area contributed by atoms with Gasteiger partial charge in [-0.15, -0.1) is 0 Å². The number of nitrogens with one attached hydrogen (secondary N) is 2. The summed E-state index contributed by atoms with van der Waals surface area (Å²) in [5.74, 6) is -1.45. The molecule has 0 aromatic heterocycles. The molecule has 0 bridgehead atoms. The van der Waals surface area contributed by atoms with Gasteiger partial charge in [-0.05, 0) is 13.3 Å². The summed E-state index contributed by atoms with van der Waals surface area (Å²) >= 11 is 0. The molecule has 0 saturated carbocycles. The number of ether oxygens (including phenoxy) is 1. The zero-order valence-corrected chi connectivity index (χ0v) is 9.82. The fraction of sp³-hybridized carbons (Fsp3) is 0.700. The molecule has 17 heavy (non-hydrogen) atoms. The SMILES string of the molecule is CCOCCNC(=O)NC(=O)CCCC(=O)O. The molecule has 3 amide bonds. The lowest BCUT2D eigenvalue weighted by atomic mass is 10.2. The van der Waals surface area contributed by atoms with Gasteiger partial charge in [0.15, 0.2) is 0 Å². The van der Waals surface area contributed by atoms with Gasteiger partial charge in [0.05, 0.1) is 6.61 Å². The first-order chi connectivity index (χ1) is 8.06. The first-order valence-corrected chi connectivity index (χ1v) is 5.43. The Bertz CT molecular complexity index is 267. The summed E-state index contributed by atoms with van der Waals surface area (Å²) in [6.45, 7) is 3.11. The third kappa shape index (κ3) is 10.6. The van der Waals surface area contributed by atoms with Gasteiger partial charge in [-0.2, -0.15) is 0 Å². The van der Waals surface area contributed by atoms with Crippen LogP contribution in [-0.2, 0) is 14.3 Å². The van der Waals surface area contributed by atoms with Gasteiger partial charge in [-0.1, -0.05) is 0 Å². The van der Waals surface area contributed by atoms with Gasteiger partial charge in [0.1, 0.15) is 0 Å². The molecular weight excluding hydrogens is 228 g/mol. The summed E-state index contributed by atoms with van der Waals surface area (Å²) in [7, 11) is 0. The van der Waals surface area contributed by atoms with Gasteiger partial charge in [0.25, 0.3) is 0 Å². The normalized spacial score (nSPS) is 9.71. The monoisotopic (exact) mass is 246 g/mol. The third-order valence-corrected chi connectivity index (χ3v) is 1.78. The van der Waals surface area contributed by atoms with Crippen LogP contribution < -0.4 is 10.6 Å². The van der Waals surface area contributed by atoms with Crippen molar-refractivity contribution >= 4 is 17.9 Å². The Morgan fingerprint density at radius 3 is 2.53 bits per heavy atom. The van der Waals surface area contributed by atoms with Crippen molar-refractivity contribution in [3.8, 4) is 0 Å². The second kappa shape index (κ2) is 9.59. The molecule has 7 nitrogen and oxygen atoms in total. The Morgan fingerprint density at radius 1 is 1.24 bits per heavy atom. The number of aliphatic carboxylic acids is 1. The summed E-state index contributed by atoms with van der Waals surface area (Å²) in [6, 6.07) is -0.593. The van der Waals surface area contributed by atoms with E-state index in [9.17, 15) is 14.4 Å². The van der Waals surface area contributed by atoms with E-state index in [1.54, 1.807) is 0 Å². The van der Waals surface area contributed by atoms with Crippen molar-refractivity contribution in [1.82, 2.24) is 10.6 Å². The van der Waals surface area contributed by atoms with Gasteiger partial charge in [0.2, 0.25) is 5.91 Å². The van der Waals surface area contributed by atoms with Crippen LogP contribution in [-0.4, -0.2) is 42.8 Å².